The topological polar surface area (TPSA) is 86.9 Å². The quantitative estimate of drug-likeness (QED) is 0.639. The van der Waals surface area contributed by atoms with E-state index in [9.17, 15) is 9.59 Å². The van der Waals surface area contributed by atoms with Crippen molar-refractivity contribution < 1.29 is 9.59 Å². The molecule has 6 nitrogen and oxygen atoms in total. The average molecular weight is 348 g/mol. The molecule has 0 spiro atoms. The second-order valence-corrected chi connectivity index (χ2v) is 5.80. The molecule has 0 bridgehead atoms. The summed E-state index contributed by atoms with van der Waals surface area (Å²) in [6.07, 6.45) is 2.00. The van der Waals surface area contributed by atoms with Crippen LogP contribution < -0.4 is 10.6 Å². The molecule has 3 aromatic rings. The summed E-state index contributed by atoms with van der Waals surface area (Å²) in [5.74, 6) is -0.462. The van der Waals surface area contributed by atoms with E-state index >= 15 is 0 Å². The molecule has 2 aromatic carbocycles. The van der Waals surface area contributed by atoms with Gasteiger partial charge in [-0.2, -0.15) is 5.10 Å². The number of amides is 2. The van der Waals surface area contributed by atoms with Gasteiger partial charge in [-0.3, -0.25) is 14.7 Å². The van der Waals surface area contributed by atoms with Gasteiger partial charge in [-0.25, -0.2) is 0 Å². The van der Waals surface area contributed by atoms with E-state index in [1.54, 1.807) is 13.1 Å². The minimum absolute atomic E-state index is 0.177. The van der Waals surface area contributed by atoms with Crippen molar-refractivity contribution >= 4 is 17.5 Å². The Bertz CT molecular complexity index is 859. The van der Waals surface area contributed by atoms with Crippen LogP contribution in [0.3, 0.4) is 0 Å². The van der Waals surface area contributed by atoms with Gasteiger partial charge in [0.1, 0.15) is 6.04 Å². The van der Waals surface area contributed by atoms with Gasteiger partial charge in [0, 0.05) is 18.3 Å². The normalized spacial score (nSPS) is 11.6. The number of nitrogens with one attached hydrogen (secondary N) is 3. The lowest BCUT2D eigenvalue weighted by molar-refractivity contribution is -0.126. The lowest BCUT2D eigenvalue weighted by atomic mass is 10.1. The number of nitrogens with zero attached hydrogens (tertiary/aromatic N) is 1. The highest BCUT2D eigenvalue weighted by atomic mass is 16.2. The second-order valence-electron chi connectivity index (χ2n) is 5.80. The van der Waals surface area contributed by atoms with Crippen LogP contribution in [0.25, 0.3) is 11.3 Å². The molecule has 0 radical (unpaired) electrons. The van der Waals surface area contributed by atoms with Crippen molar-refractivity contribution in [2.24, 2.45) is 0 Å². The summed E-state index contributed by atoms with van der Waals surface area (Å²) in [7, 11) is 0. The maximum Gasteiger partial charge on any atom is 0.251 e. The zero-order valence-corrected chi connectivity index (χ0v) is 14.4. The molecule has 0 unspecified atom stereocenters. The van der Waals surface area contributed by atoms with Crippen molar-refractivity contribution in [3.8, 4) is 11.3 Å². The summed E-state index contributed by atoms with van der Waals surface area (Å²) < 4.78 is 0. The SMILES string of the molecule is CCC(=O)N[C@@H](C(=O)Nc1ccc(-c2ccn[nH]2)cc1)c1ccccc1. The van der Waals surface area contributed by atoms with E-state index in [2.05, 4.69) is 20.8 Å². The number of benzene rings is 2. The van der Waals surface area contributed by atoms with Crippen LogP contribution in [0, 0.1) is 0 Å². The number of H-pyrrole nitrogens is 1. The molecule has 132 valence electrons. The lowest BCUT2D eigenvalue weighted by Gasteiger charge is -2.18. The van der Waals surface area contributed by atoms with Gasteiger partial charge in [0.15, 0.2) is 0 Å². The van der Waals surface area contributed by atoms with E-state index in [0.29, 0.717) is 12.1 Å². The highest BCUT2D eigenvalue weighted by molar-refractivity contribution is 5.98. The molecule has 0 saturated carbocycles. The van der Waals surface area contributed by atoms with Gasteiger partial charge in [-0.1, -0.05) is 49.4 Å². The smallest absolute Gasteiger partial charge is 0.251 e. The van der Waals surface area contributed by atoms with Gasteiger partial charge in [0.25, 0.3) is 5.91 Å². The number of aromatic amines is 1. The van der Waals surface area contributed by atoms with Crippen LogP contribution >= 0.6 is 0 Å². The predicted octanol–water partition coefficient (Wildman–Crippen LogP) is 3.28. The maximum atomic E-state index is 12.7. The summed E-state index contributed by atoms with van der Waals surface area (Å²) in [5, 5.41) is 12.5. The van der Waals surface area contributed by atoms with Gasteiger partial charge in [-0.15, -0.1) is 0 Å². The highest BCUT2D eigenvalue weighted by Crippen LogP contribution is 2.20. The Hall–Kier alpha value is -3.41. The van der Waals surface area contributed by atoms with Crippen molar-refractivity contribution in [3.05, 3.63) is 72.4 Å². The van der Waals surface area contributed by atoms with Crippen LogP contribution in [0.1, 0.15) is 24.9 Å². The molecule has 1 atom stereocenters. The molecule has 0 aliphatic rings. The van der Waals surface area contributed by atoms with Crippen molar-refractivity contribution in [3.63, 3.8) is 0 Å². The van der Waals surface area contributed by atoms with Gasteiger partial charge in [0.05, 0.1) is 5.69 Å². The molecule has 0 aliphatic carbocycles. The number of aromatic nitrogens is 2. The van der Waals surface area contributed by atoms with Gasteiger partial charge in [-0.05, 0) is 29.3 Å². The second kappa shape index (κ2) is 8.11. The first-order valence-corrected chi connectivity index (χ1v) is 8.42. The molecule has 26 heavy (non-hydrogen) atoms. The number of carbonyl (C=O) groups is 2. The van der Waals surface area contributed by atoms with Crippen LogP contribution in [0.5, 0.6) is 0 Å². The fraction of sp³-hybridized carbons (Fsp3) is 0.150. The molecule has 0 saturated heterocycles. The summed E-state index contributed by atoms with van der Waals surface area (Å²) in [6.45, 7) is 1.75. The fourth-order valence-corrected chi connectivity index (χ4v) is 2.57. The number of hydrogen-bond acceptors (Lipinski definition) is 3. The van der Waals surface area contributed by atoms with Crippen molar-refractivity contribution in [1.82, 2.24) is 15.5 Å². The molecule has 2 amide bonds. The third-order valence-electron chi connectivity index (χ3n) is 3.99. The summed E-state index contributed by atoms with van der Waals surface area (Å²) in [6, 6.07) is 17.7. The largest absolute Gasteiger partial charge is 0.341 e. The zero-order valence-electron chi connectivity index (χ0n) is 14.4. The first-order valence-electron chi connectivity index (χ1n) is 8.42. The average Bonchev–Trinajstić information content (AvgIpc) is 3.22. The first-order chi connectivity index (χ1) is 12.7. The number of rotatable bonds is 6. The lowest BCUT2D eigenvalue weighted by Crippen LogP contribution is -2.36. The van der Waals surface area contributed by atoms with Crippen molar-refractivity contribution in [2.45, 2.75) is 19.4 Å². The molecule has 0 fully saturated rings. The van der Waals surface area contributed by atoms with Crippen LogP contribution in [0.4, 0.5) is 5.69 Å². The maximum absolute atomic E-state index is 12.7. The standard InChI is InChI=1S/C20H20N4O2/c1-2-18(25)23-19(15-6-4-3-5-7-15)20(26)22-16-10-8-14(9-11-16)17-12-13-21-24-17/h3-13,19H,2H2,1H3,(H,21,24)(H,22,26)(H,23,25)/t19-/m1/s1. The molecular weight excluding hydrogens is 328 g/mol. The van der Waals surface area contributed by atoms with Gasteiger partial charge >= 0.3 is 0 Å². The molecule has 0 aliphatic heterocycles. The Morgan fingerprint density at radius 2 is 1.77 bits per heavy atom. The molecule has 3 rings (SSSR count). The Morgan fingerprint density at radius 1 is 1.04 bits per heavy atom. The highest BCUT2D eigenvalue weighted by Gasteiger charge is 2.22. The molecular formula is C20H20N4O2. The third kappa shape index (κ3) is 4.16. The van der Waals surface area contributed by atoms with Crippen LogP contribution in [-0.4, -0.2) is 22.0 Å². The van der Waals surface area contributed by atoms with Crippen LogP contribution in [0.2, 0.25) is 0 Å². The Morgan fingerprint density at radius 3 is 2.38 bits per heavy atom. The van der Waals surface area contributed by atoms with E-state index in [0.717, 1.165) is 16.8 Å². The molecule has 1 heterocycles. The number of carbonyl (C=O) groups excluding carboxylic acids is 2. The summed E-state index contributed by atoms with van der Waals surface area (Å²) >= 11 is 0. The summed E-state index contributed by atoms with van der Waals surface area (Å²) in [5.41, 5.74) is 3.27. The van der Waals surface area contributed by atoms with Gasteiger partial charge in [0.2, 0.25) is 5.91 Å². The minimum atomic E-state index is -0.740. The first kappa shape index (κ1) is 17.4. The predicted molar refractivity (Wildman–Crippen MR) is 100 cm³/mol. The van der Waals surface area contributed by atoms with Crippen LogP contribution in [0.15, 0.2) is 66.9 Å². The van der Waals surface area contributed by atoms with E-state index in [4.69, 9.17) is 0 Å². The molecule has 6 heteroatoms. The van der Waals surface area contributed by atoms with E-state index in [1.165, 1.54) is 0 Å². The third-order valence-corrected chi connectivity index (χ3v) is 3.99. The molecule has 3 N–H and O–H groups in total. The Kier molecular flexibility index (Phi) is 5.43. The summed E-state index contributed by atoms with van der Waals surface area (Å²) in [4.78, 5) is 24.6. The monoisotopic (exact) mass is 348 g/mol. The Labute approximate surface area is 151 Å². The Balaban J connectivity index is 1.75. The number of hydrogen-bond donors (Lipinski definition) is 3. The van der Waals surface area contributed by atoms with Crippen molar-refractivity contribution in [2.75, 3.05) is 5.32 Å². The van der Waals surface area contributed by atoms with Gasteiger partial charge < -0.3 is 10.6 Å². The number of anilines is 1. The zero-order chi connectivity index (χ0) is 18.4. The van der Waals surface area contributed by atoms with Crippen molar-refractivity contribution in [1.29, 1.82) is 0 Å². The van der Waals surface area contributed by atoms with E-state index in [-0.39, 0.29) is 11.8 Å². The van der Waals surface area contributed by atoms with E-state index < -0.39 is 6.04 Å². The van der Waals surface area contributed by atoms with E-state index in [1.807, 2.05) is 60.7 Å². The minimum Gasteiger partial charge on any atom is -0.341 e. The molecule has 1 aromatic heterocycles. The van der Waals surface area contributed by atoms with Crippen LogP contribution in [-0.2, 0) is 9.59 Å². The fourth-order valence-electron chi connectivity index (χ4n) is 2.57.